The van der Waals surface area contributed by atoms with Gasteiger partial charge >= 0.3 is 0 Å². The molecule has 0 radical (unpaired) electrons. The standard InChI is InChI=1S/C9H17N/c1-7-8(10)6-9(7)4-2-3-5-9/h7-8H,2-6,10H2,1H3. The summed E-state index contributed by atoms with van der Waals surface area (Å²) in [6, 6.07) is 0.526. The molecule has 0 heterocycles. The Bertz CT molecular complexity index is 136. The molecule has 2 aliphatic carbocycles. The summed E-state index contributed by atoms with van der Waals surface area (Å²) in [5.41, 5.74) is 6.60. The zero-order valence-corrected chi connectivity index (χ0v) is 6.77. The van der Waals surface area contributed by atoms with Crippen molar-refractivity contribution in [2.24, 2.45) is 17.1 Å². The Labute approximate surface area is 63.0 Å². The van der Waals surface area contributed by atoms with Gasteiger partial charge in [-0.2, -0.15) is 0 Å². The van der Waals surface area contributed by atoms with E-state index in [-0.39, 0.29) is 0 Å². The summed E-state index contributed by atoms with van der Waals surface area (Å²) in [7, 11) is 0. The third-order valence-electron chi connectivity index (χ3n) is 3.85. The lowest BCUT2D eigenvalue weighted by Crippen LogP contribution is -2.53. The van der Waals surface area contributed by atoms with Gasteiger partial charge in [0.25, 0.3) is 0 Å². The molecule has 1 spiro atoms. The highest BCUT2D eigenvalue weighted by Gasteiger charge is 2.50. The van der Waals surface area contributed by atoms with Gasteiger partial charge in [-0.25, -0.2) is 0 Å². The first-order valence-electron chi connectivity index (χ1n) is 4.50. The molecule has 0 bridgehead atoms. The first-order valence-corrected chi connectivity index (χ1v) is 4.50. The van der Waals surface area contributed by atoms with Crippen molar-refractivity contribution in [3.8, 4) is 0 Å². The van der Waals surface area contributed by atoms with E-state index < -0.39 is 0 Å². The van der Waals surface area contributed by atoms with E-state index in [1.54, 1.807) is 0 Å². The van der Waals surface area contributed by atoms with E-state index in [9.17, 15) is 0 Å². The van der Waals surface area contributed by atoms with Gasteiger partial charge in [0.1, 0.15) is 0 Å². The smallest absolute Gasteiger partial charge is 0.00752 e. The van der Waals surface area contributed by atoms with Crippen molar-refractivity contribution in [2.75, 3.05) is 0 Å². The van der Waals surface area contributed by atoms with Crippen LogP contribution >= 0.6 is 0 Å². The Morgan fingerprint density at radius 2 is 1.90 bits per heavy atom. The predicted octanol–water partition coefficient (Wildman–Crippen LogP) is 1.91. The summed E-state index contributed by atoms with van der Waals surface area (Å²) in [5, 5.41) is 0. The lowest BCUT2D eigenvalue weighted by molar-refractivity contribution is 0.0241. The topological polar surface area (TPSA) is 26.0 Å². The fourth-order valence-electron chi connectivity index (χ4n) is 2.86. The van der Waals surface area contributed by atoms with Crippen LogP contribution in [0.15, 0.2) is 0 Å². The van der Waals surface area contributed by atoms with Crippen LogP contribution in [0.25, 0.3) is 0 Å². The van der Waals surface area contributed by atoms with E-state index in [0.717, 1.165) is 11.3 Å². The van der Waals surface area contributed by atoms with Gasteiger partial charge in [-0.15, -0.1) is 0 Å². The third-order valence-corrected chi connectivity index (χ3v) is 3.85. The van der Waals surface area contributed by atoms with Crippen LogP contribution in [0.1, 0.15) is 39.0 Å². The number of hydrogen-bond donors (Lipinski definition) is 1. The highest BCUT2D eigenvalue weighted by Crippen LogP contribution is 2.56. The van der Waals surface area contributed by atoms with Crippen LogP contribution in [0.4, 0.5) is 0 Å². The van der Waals surface area contributed by atoms with E-state index in [1.165, 1.54) is 32.1 Å². The van der Waals surface area contributed by atoms with E-state index in [1.807, 2.05) is 0 Å². The maximum atomic E-state index is 5.88. The summed E-state index contributed by atoms with van der Waals surface area (Å²) in [5.74, 6) is 0.815. The van der Waals surface area contributed by atoms with Gasteiger partial charge in [-0.1, -0.05) is 19.8 Å². The molecule has 0 aromatic carbocycles. The number of nitrogens with two attached hydrogens (primary N) is 1. The Balaban J connectivity index is 2.05. The van der Waals surface area contributed by atoms with Crippen LogP contribution in [-0.4, -0.2) is 6.04 Å². The maximum absolute atomic E-state index is 5.88. The molecule has 1 heteroatoms. The molecule has 58 valence electrons. The minimum Gasteiger partial charge on any atom is -0.327 e. The molecule has 2 atom stereocenters. The highest BCUT2D eigenvalue weighted by atomic mass is 14.8. The van der Waals surface area contributed by atoms with Crippen molar-refractivity contribution < 1.29 is 0 Å². The largest absolute Gasteiger partial charge is 0.327 e. The highest BCUT2D eigenvalue weighted by molar-refractivity contribution is 5.03. The molecule has 0 aromatic heterocycles. The molecule has 2 fully saturated rings. The van der Waals surface area contributed by atoms with Gasteiger partial charge in [0.15, 0.2) is 0 Å². The second-order valence-corrected chi connectivity index (χ2v) is 4.23. The van der Waals surface area contributed by atoms with Gasteiger partial charge in [0, 0.05) is 6.04 Å². The fraction of sp³-hybridized carbons (Fsp3) is 1.00. The molecule has 1 nitrogen and oxygen atoms in total. The Morgan fingerprint density at radius 1 is 1.30 bits per heavy atom. The van der Waals surface area contributed by atoms with E-state index >= 15 is 0 Å². The molecule has 2 rings (SSSR count). The van der Waals surface area contributed by atoms with Crippen LogP contribution in [0.3, 0.4) is 0 Å². The summed E-state index contributed by atoms with van der Waals surface area (Å²) < 4.78 is 0. The first kappa shape index (κ1) is 6.66. The summed E-state index contributed by atoms with van der Waals surface area (Å²) in [6.07, 6.45) is 7.14. The molecule has 0 aliphatic heterocycles. The van der Waals surface area contributed by atoms with Gasteiger partial charge in [-0.05, 0) is 30.6 Å². The lowest BCUT2D eigenvalue weighted by Gasteiger charge is -2.50. The lowest BCUT2D eigenvalue weighted by atomic mass is 9.57. The summed E-state index contributed by atoms with van der Waals surface area (Å²) in [6.45, 7) is 2.33. The van der Waals surface area contributed by atoms with Crippen molar-refractivity contribution >= 4 is 0 Å². The van der Waals surface area contributed by atoms with Crippen LogP contribution < -0.4 is 5.73 Å². The Hall–Kier alpha value is -0.0400. The van der Waals surface area contributed by atoms with Crippen molar-refractivity contribution in [1.82, 2.24) is 0 Å². The molecule has 2 saturated carbocycles. The van der Waals surface area contributed by atoms with E-state index in [4.69, 9.17) is 5.73 Å². The first-order chi connectivity index (χ1) is 4.75. The molecular weight excluding hydrogens is 122 g/mol. The fourth-order valence-corrected chi connectivity index (χ4v) is 2.86. The number of rotatable bonds is 0. The quantitative estimate of drug-likeness (QED) is 0.545. The summed E-state index contributed by atoms with van der Waals surface area (Å²) >= 11 is 0. The molecule has 0 aromatic rings. The molecule has 0 saturated heterocycles. The Morgan fingerprint density at radius 3 is 2.30 bits per heavy atom. The monoisotopic (exact) mass is 139 g/mol. The summed E-state index contributed by atoms with van der Waals surface area (Å²) in [4.78, 5) is 0. The van der Waals surface area contributed by atoms with Gasteiger partial charge in [0.05, 0.1) is 0 Å². The zero-order valence-electron chi connectivity index (χ0n) is 6.77. The van der Waals surface area contributed by atoms with Crippen LogP contribution in [0, 0.1) is 11.3 Å². The molecular formula is C9H17N. The second kappa shape index (κ2) is 1.97. The average molecular weight is 139 g/mol. The van der Waals surface area contributed by atoms with Crippen molar-refractivity contribution in [3.05, 3.63) is 0 Å². The maximum Gasteiger partial charge on any atom is 0.00752 e. The SMILES string of the molecule is CC1C(N)CC12CCCC2. The van der Waals surface area contributed by atoms with Gasteiger partial charge in [0.2, 0.25) is 0 Å². The molecule has 2 unspecified atom stereocenters. The molecule has 10 heavy (non-hydrogen) atoms. The molecule has 0 amide bonds. The average Bonchev–Trinajstić information content (AvgIpc) is 2.38. The van der Waals surface area contributed by atoms with E-state index in [0.29, 0.717) is 6.04 Å². The van der Waals surface area contributed by atoms with Gasteiger partial charge in [-0.3, -0.25) is 0 Å². The van der Waals surface area contributed by atoms with Crippen molar-refractivity contribution in [3.63, 3.8) is 0 Å². The molecule has 2 aliphatic rings. The predicted molar refractivity (Wildman–Crippen MR) is 42.7 cm³/mol. The van der Waals surface area contributed by atoms with Crippen LogP contribution in [-0.2, 0) is 0 Å². The Kier molecular flexibility index (Phi) is 1.31. The minimum absolute atomic E-state index is 0.526. The van der Waals surface area contributed by atoms with E-state index in [2.05, 4.69) is 6.92 Å². The normalized spacial score (nSPS) is 43.8. The number of hydrogen-bond acceptors (Lipinski definition) is 1. The van der Waals surface area contributed by atoms with Crippen LogP contribution in [0.5, 0.6) is 0 Å². The third kappa shape index (κ3) is 0.672. The van der Waals surface area contributed by atoms with Crippen LogP contribution in [0.2, 0.25) is 0 Å². The van der Waals surface area contributed by atoms with Gasteiger partial charge < -0.3 is 5.73 Å². The minimum atomic E-state index is 0.526. The second-order valence-electron chi connectivity index (χ2n) is 4.23. The molecule has 2 N–H and O–H groups in total. The van der Waals surface area contributed by atoms with Crippen molar-refractivity contribution in [2.45, 2.75) is 45.1 Å². The van der Waals surface area contributed by atoms with Crippen molar-refractivity contribution in [1.29, 1.82) is 0 Å². The zero-order chi connectivity index (χ0) is 7.19.